The second-order valence-electron chi connectivity index (χ2n) is 6.03. The molecule has 1 aliphatic rings. The molecule has 0 radical (unpaired) electrons. The van der Waals surface area contributed by atoms with E-state index in [0.717, 1.165) is 31.5 Å². The summed E-state index contributed by atoms with van der Waals surface area (Å²) in [6.45, 7) is 3.13. The largest absolute Gasteiger partial charge is 0.352 e. The molecule has 2 amide bonds. The van der Waals surface area contributed by atoms with Gasteiger partial charge in [0.2, 0.25) is 5.91 Å². The van der Waals surface area contributed by atoms with Crippen molar-refractivity contribution in [2.45, 2.75) is 25.8 Å². The Labute approximate surface area is 132 Å². The Morgan fingerprint density at radius 3 is 2.59 bits per heavy atom. The second-order valence-corrected chi connectivity index (χ2v) is 6.03. The zero-order valence-electron chi connectivity index (χ0n) is 13.5. The van der Waals surface area contributed by atoms with Crippen LogP contribution >= 0.6 is 0 Å². The molecule has 5 heteroatoms. The number of carbonyl (C=O) groups excluding carboxylic acids is 2. The lowest BCUT2D eigenvalue weighted by molar-refractivity contribution is -0.128. The molecule has 0 unspecified atom stereocenters. The molecule has 0 spiro atoms. The van der Waals surface area contributed by atoms with E-state index in [4.69, 9.17) is 0 Å². The van der Waals surface area contributed by atoms with Gasteiger partial charge in [-0.15, -0.1) is 0 Å². The highest BCUT2D eigenvalue weighted by Gasteiger charge is 2.19. The Morgan fingerprint density at radius 2 is 2.00 bits per heavy atom. The van der Waals surface area contributed by atoms with Crippen LogP contribution in [0.4, 0.5) is 0 Å². The zero-order chi connectivity index (χ0) is 15.9. The third-order valence-corrected chi connectivity index (χ3v) is 3.83. The third-order valence-electron chi connectivity index (χ3n) is 3.83. The lowest BCUT2D eigenvalue weighted by Gasteiger charge is -2.15. The van der Waals surface area contributed by atoms with E-state index in [0.29, 0.717) is 25.1 Å². The van der Waals surface area contributed by atoms with Gasteiger partial charge in [0.05, 0.1) is 0 Å². The van der Waals surface area contributed by atoms with Crippen molar-refractivity contribution in [3.8, 4) is 0 Å². The quantitative estimate of drug-likeness (QED) is 0.777. The van der Waals surface area contributed by atoms with Crippen molar-refractivity contribution in [1.29, 1.82) is 0 Å². The number of nitrogens with zero attached hydrogens (tertiary/aromatic N) is 2. The number of hydrogen-bond acceptors (Lipinski definition) is 3. The summed E-state index contributed by atoms with van der Waals surface area (Å²) in [5.41, 5.74) is 1.74. The van der Waals surface area contributed by atoms with E-state index in [1.165, 1.54) is 0 Å². The summed E-state index contributed by atoms with van der Waals surface area (Å²) in [5, 5.41) is 2.92. The zero-order valence-corrected chi connectivity index (χ0v) is 13.5. The Hall–Kier alpha value is -1.88. The molecule has 22 heavy (non-hydrogen) atoms. The maximum atomic E-state index is 12.0. The fraction of sp³-hybridized carbons (Fsp3) is 0.529. The van der Waals surface area contributed by atoms with Crippen LogP contribution in [0.2, 0.25) is 0 Å². The Bertz CT molecular complexity index is 511. The van der Waals surface area contributed by atoms with Gasteiger partial charge in [-0.1, -0.05) is 12.1 Å². The first kappa shape index (κ1) is 16.5. The number of nitrogens with one attached hydrogen (secondary N) is 1. The van der Waals surface area contributed by atoms with Crippen molar-refractivity contribution in [3.63, 3.8) is 0 Å². The lowest BCUT2D eigenvalue weighted by atomic mass is 10.1. The maximum absolute atomic E-state index is 12.0. The van der Waals surface area contributed by atoms with E-state index in [-0.39, 0.29) is 11.8 Å². The molecular formula is C17H25N3O2. The predicted molar refractivity (Wildman–Crippen MR) is 86.6 cm³/mol. The number of amides is 2. The van der Waals surface area contributed by atoms with E-state index < -0.39 is 0 Å². The van der Waals surface area contributed by atoms with Crippen LogP contribution in [0.25, 0.3) is 0 Å². The summed E-state index contributed by atoms with van der Waals surface area (Å²) in [6.07, 6.45) is 2.55. The molecule has 0 aliphatic carbocycles. The van der Waals surface area contributed by atoms with E-state index >= 15 is 0 Å². The van der Waals surface area contributed by atoms with Crippen molar-refractivity contribution in [2.24, 2.45) is 0 Å². The molecule has 0 saturated carbocycles. The van der Waals surface area contributed by atoms with Crippen molar-refractivity contribution in [2.75, 3.05) is 33.7 Å². The molecule has 120 valence electrons. The van der Waals surface area contributed by atoms with Crippen LogP contribution in [0.15, 0.2) is 24.3 Å². The molecule has 1 N–H and O–H groups in total. The van der Waals surface area contributed by atoms with Gasteiger partial charge < -0.3 is 15.1 Å². The topological polar surface area (TPSA) is 52.7 Å². The van der Waals surface area contributed by atoms with Gasteiger partial charge in [0.25, 0.3) is 5.91 Å². The molecule has 1 saturated heterocycles. The Kier molecular flexibility index (Phi) is 5.95. The van der Waals surface area contributed by atoms with Crippen LogP contribution in [0.5, 0.6) is 0 Å². The number of rotatable bonds is 7. The van der Waals surface area contributed by atoms with Crippen LogP contribution in [0, 0.1) is 0 Å². The number of benzene rings is 1. The summed E-state index contributed by atoms with van der Waals surface area (Å²) < 4.78 is 0. The highest BCUT2D eigenvalue weighted by atomic mass is 16.2. The molecule has 0 aromatic heterocycles. The minimum absolute atomic E-state index is 0.0393. The van der Waals surface area contributed by atoms with E-state index in [1.807, 2.05) is 43.3 Å². The average Bonchev–Trinajstić information content (AvgIpc) is 2.89. The van der Waals surface area contributed by atoms with Crippen LogP contribution in [-0.4, -0.2) is 55.3 Å². The molecule has 1 aromatic carbocycles. The highest BCUT2D eigenvalue weighted by molar-refractivity contribution is 5.94. The highest BCUT2D eigenvalue weighted by Crippen LogP contribution is 2.14. The first-order valence-corrected chi connectivity index (χ1v) is 7.86. The number of carbonyl (C=O) groups is 2. The van der Waals surface area contributed by atoms with Crippen LogP contribution < -0.4 is 5.32 Å². The van der Waals surface area contributed by atoms with Gasteiger partial charge in [-0.2, -0.15) is 0 Å². The van der Waals surface area contributed by atoms with Crippen LogP contribution in [0.1, 0.15) is 35.2 Å². The normalized spacial score (nSPS) is 14.7. The van der Waals surface area contributed by atoms with Gasteiger partial charge in [0.1, 0.15) is 0 Å². The minimum atomic E-state index is -0.0393. The van der Waals surface area contributed by atoms with Gasteiger partial charge >= 0.3 is 0 Å². The van der Waals surface area contributed by atoms with Crippen molar-refractivity contribution in [1.82, 2.24) is 15.1 Å². The lowest BCUT2D eigenvalue weighted by Crippen LogP contribution is -2.27. The molecule has 1 heterocycles. The summed E-state index contributed by atoms with van der Waals surface area (Å²) in [4.78, 5) is 27.6. The van der Waals surface area contributed by atoms with Gasteiger partial charge in [-0.05, 0) is 51.2 Å². The first-order chi connectivity index (χ1) is 10.6. The van der Waals surface area contributed by atoms with Crippen LogP contribution in [0.3, 0.4) is 0 Å². The second kappa shape index (κ2) is 7.94. The summed E-state index contributed by atoms with van der Waals surface area (Å²) in [6, 6.07) is 7.52. The van der Waals surface area contributed by atoms with Gasteiger partial charge in [-0.3, -0.25) is 9.59 Å². The van der Waals surface area contributed by atoms with E-state index in [2.05, 4.69) is 10.2 Å². The minimum Gasteiger partial charge on any atom is -0.352 e. The van der Waals surface area contributed by atoms with Gasteiger partial charge in [-0.25, -0.2) is 0 Å². The van der Waals surface area contributed by atoms with Crippen molar-refractivity contribution >= 4 is 11.8 Å². The molecule has 0 bridgehead atoms. The fourth-order valence-corrected chi connectivity index (χ4v) is 2.55. The molecule has 2 rings (SSSR count). The molecule has 5 nitrogen and oxygen atoms in total. The van der Waals surface area contributed by atoms with E-state index in [1.54, 1.807) is 0 Å². The van der Waals surface area contributed by atoms with Crippen LogP contribution in [-0.2, 0) is 11.3 Å². The van der Waals surface area contributed by atoms with Crippen molar-refractivity contribution in [3.05, 3.63) is 35.4 Å². The summed E-state index contributed by atoms with van der Waals surface area (Å²) in [7, 11) is 4.04. The van der Waals surface area contributed by atoms with Gasteiger partial charge in [0, 0.05) is 31.6 Å². The smallest absolute Gasteiger partial charge is 0.251 e. The van der Waals surface area contributed by atoms with E-state index in [9.17, 15) is 9.59 Å². The Morgan fingerprint density at radius 1 is 1.27 bits per heavy atom. The van der Waals surface area contributed by atoms with Crippen molar-refractivity contribution < 1.29 is 9.59 Å². The molecule has 1 aromatic rings. The predicted octanol–water partition coefficient (Wildman–Crippen LogP) is 1.49. The molecular weight excluding hydrogens is 278 g/mol. The number of hydrogen-bond donors (Lipinski definition) is 1. The molecule has 1 aliphatic heterocycles. The standard InChI is InChI=1S/C17H25N3O2/c1-19(2)11-4-10-18-17(22)15-8-6-14(7-9-15)13-20-12-3-5-16(20)21/h6-9H,3-5,10-13H2,1-2H3,(H,18,22). The average molecular weight is 303 g/mol. The molecule has 1 fully saturated rings. The monoisotopic (exact) mass is 303 g/mol. The fourth-order valence-electron chi connectivity index (χ4n) is 2.55. The third kappa shape index (κ3) is 4.84. The Balaban J connectivity index is 1.80. The number of likely N-dealkylation sites (tertiary alicyclic amines) is 1. The maximum Gasteiger partial charge on any atom is 0.251 e. The van der Waals surface area contributed by atoms with Gasteiger partial charge in [0.15, 0.2) is 0 Å². The summed E-state index contributed by atoms with van der Waals surface area (Å²) >= 11 is 0. The SMILES string of the molecule is CN(C)CCCNC(=O)c1ccc(CN2CCCC2=O)cc1. The summed E-state index contributed by atoms with van der Waals surface area (Å²) in [5.74, 6) is 0.185. The molecule has 0 atom stereocenters. The first-order valence-electron chi connectivity index (χ1n) is 7.86.